The number of hydrogen-bond donors (Lipinski definition) is 2. The molecule has 0 aliphatic heterocycles. The van der Waals surface area contributed by atoms with Crippen molar-refractivity contribution in [1.82, 2.24) is 0 Å². The van der Waals surface area contributed by atoms with Crippen LogP contribution in [0.2, 0.25) is 0 Å². The van der Waals surface area contributed by atoms with Crippen LogP contribution in [0, 0.1) is 0 Å². The topological polar surface area (TPSA) is 61.3 Å². The standard InChI is InChI=1S/C9H16N2O/c1-3-9(11)6-7(12-2)4-5-8(9)10/h4-6,8H,3,10-11H2,1-2H3. The number of rotatable bonds is 2. The molecule has 0 aromatic heterocycles. The minimum absolute atomic E-state index is 0.110. The quantitative estimate of drug-likeness (QED) is 0.632. The molecule has 0 saturated carbocycles. The van der Waals surface area contributed by atoms with Gasteiger partial charge in [-0.1, -0.05) is 13.0 Å². The van der Waals surface area contributed by atoms with Crippen LogP contribution in [0.3, 0.4) is 0 Å². The summed E-state index contributed by atoms with van der Waals surface area (Å²) in [5, 5.41) is 0. The zero-order chi connectivity index (χ0) is 9.19. The molecule has 1 aliphatic carbocycles. The van der Waals surface area contributed by atoms with E-state index in [9.17, 15) is 0 Å². The lowest BCUT2D eigenvalue weighted by Crippen LogP contribution is -2.53. The molecule has 0 radical (unpaired) electrons. The molecular weight excluding hydrogens is 152 g/mol. The Morgan fingerprint density at radius 1 is 1.67 bits per heavy atom. The molecule has 0 bridgehead atoms. The number of hydrogen-bond acceptors (Lipinski definition) is 3. The van der Waals surface area contributed by atoms with Crippen LogP contribution in [-0.2, 0) is 4.74 Å². The van der Waals surface area contributed by atoms with E-state index >= 15 is 0 Å². The number of allylic oxidation sites excluding steroid dienone is 1. The molecular formula is C9H16N2O. The van der Waals surface area contributed by atoms with Gasteiger partial charge in [-0.2, -0.15) is 0 Å². The molecule has 0 amide bonds. The van der Waals surface area contributed by atoms with Gasteiger partial charge in [0.2, 0.25) is 0 Å². The Morgan fingerprint density at radius 2 is 2.33 bits per heavy atom. The zero-order valence-corrected chi connectivity index (χ0v) is 7.58. The van der Waals surface area contributed by atoms with Gasteiger partial charge in [0.1, 0.15) is 5.76 Å². The highest BCUT2D eigenvalue weighted by Gasteiger charge is 2.29. The summed E-state index contributed by atoms with van der Waals surface area (Å²) < 4.78 is 5.08. The van der Waals surface area contributed by atoms with Crippen molar-refractivity contribution in [1.29, 1.82) is 0 Å². The van der Waals surface area contributed by atoms with Crippen LogP contribution in [0.15, 0.2) is 24.0 Å². The van der Waals surface area contributed by atoms with Crippen LogP contribution >= 0.6 is 0 Å². The molecule has 1 rings (SSSR count). The van der Waals surface area contributed by atoms with Gasteiger partial charge in [0.15, 0.2) is 0 Å². The largest absolute Gasteiger partial charge is 0.497 e. The first kappa shape index (κ1) is 9.29. The Hall–Kier alpha value is -0.800. The first-order chi connectivity index (χ1) is 5.62. The van der Waals surface area contributed by atoms with E-state index in [0.717, 1.165) is 12.2 Å². The molecule has 0 fully saturated rings. The van der Waals surface area contributed by atoms with E-state index < -0.39 is 5.54 Å². The molecule has 2 unspecified atom stereocenters. The SMILES string of the molecule is CCC1(N)C=C(OC)C=CC1N. The Kier molecular flexibility index (Phi) is 2.55. The van der Waals surface area contributed by atoms with Crippen LogP contribution in [0.5, 0.6) is 0 Å². The lowest BCUT2D eigenvalue weighted by Gasteiger charge is -2.32. The van der Waals surface area contributed by atoms with Crippen LogP contribution in [0.25, 0.3) is 0 Å². The first-order valence-corrected chi connectivity index (χ1v) is 4.12. The molecule has 68 valence electrons. The zero-order valence-electron chi connectivity index (χ0n) is 7.58. The molecule has 0 aromatic carbocycles. The minimum atomic E-state index is -0.444. The lowest BCUT2D eigenvalue weighted by atomic mass is 9.85. The highest BCUT2D eigenvalue weighted by atomic mass is 16.5. The first-order valence-electron chi connectivity index (χ1n) is 4.12. The molecule has 0 spiro atoms. The fourth-order valence-corrected chi connectivity index (χ4v) is 1.25. The third-order valence-electron chi connectivity index (χ3n) is 2.35. The second kappa shape index (κ2) is 3.29. The molecule has 0 saturated heterocycles. The van der Waals surface area contributed by atoms with Crippen molar-refractivity contribution in [2.75, 3.05) is 7.11 Å². The monoisotopic (exact) mass is 168 g/mol. The predicted octanol–water partition coefficient (Wildman–Crippen LogP) is 0.521. The smallest absolute Gasteiger partial charge is 0.116 e. The van der Waals surface area contributed by atoms with Crippen molar-refractivity contribution in [3.63, 3.8) is 0 Å². The van der Waals surface area contributed by atoms with E-state index in [1.54, 1.807) is 7.11 Å². The Labute approximate surface area is 73.1 Å². The fraction of sp³-hybridized carbons (Fsp3) is 0.556. The average Bonchev–Trinajstić information content (AvgIpc) is 2.10. The summed E-state index contributed by atoms with van der Waals surface area (Å²) >= 11 is 0. The molecule has 4 N–H and O–H groups in total. The number of methoxy groups -OCH3 is 1. The molecule has 3 heteroatoms. The van der Waals surface area contributed by atoms with E-state index in [1.807, 2.05) is 25.2 Å². The van der Waals surface area contributed by atoms with Gasteiger partial charge in [0.25, 0.3) is 0 Å². The van der Waals surface area contributed by atoms with Gasteiger partial charge in [0, 0.05) is 6.04 Å². The molecule has 1 aliphatic rings. The second-order valence-electron chi connectivity index (χ2n) is 3.10. The molecule has 2 atom stereocenters. The Morgan fingerprint density at radius 3 is 2.83 bits per heavy atom. The summed E-state index contributed by atoms with van der Waals surface area (Å²) in [4.78, 5) is 0. The summed E-state index contributed by atoms with van der Waals surface area (Å²) in [6, 6.07) is -0.110. The minimum Gasteiger partial charge on any atom is -0.497 e. The average molecular weight is 168 g/mol. The molecule has 12 heavy (non-hydrogen) atoms. The third-order valence-corrected chi connectivity index (χ3v) is 2.35. The maximum absolute atomic E-state index is 6.04. The van der Waals surface area contributed by atoms with E-state index in [-0.39, 0.29) is 6.04 Å². The summed E-state index contributed by atoms with van der Waals surface area (Å²) in [6.07, 6.45) is 6.43. The fourth-order valence-electron chi connectivity index (χ4n) is 1.25. The van der Waals surface area contributed by atoms with Crippen molar-refractivity contribution in [2.45, 2.75) is 24.9 Å². The van der Waals surface area contributed by atoms with Crippen LogP contribution in [-0.4, -0.2) is 18.7 Å². The molecule has 0 heterocycles. The lowest BCUT2D eigenvalue weighted by molar-refractivity contribution is 0.291. The van der Waals surface area contributed by atoms with E-state index in [2.05, 4.69) is 0 Å². The number of ether oxygens (including phenoxy) is 1. The van der Waals surface area contributed by atoms with Gasteiger partial charge in [-0.05, 0) is 18.6 Å². The van der Waals surface area contributed by atoms with Crippen molar-refractivity contribution in [3.8, 4) is 0 Å². The highest BCUT2D eigenvalue weighted by Crippen LogP contribution is 2.21. The van der Waals surface area contributed by atoms with Gasteiger partial charge in [-0.3, -0.25) is 0 Å². The van der Waals surface area contributed by atoms with E-state index in [0.29, 0.717) is 0 Å². The summed E-state index contributed by atoms with van der Waals surface area (Å²) in [6.45, 7) is 2.02. The molecule has 3 nitrogen and oxygen atoms in total. The third kappa shape index (κ3) is 1.52. The summed E-state index contributed by atoms with van der Waals surface area (Å²) in [7, 11) is 1.63. The van der Waals surface area contributed by atoms with Gasteiger partial charge in [-0.25, -0.2) is 0 Å². The molecule has 0 aromatic rings. The van der Waals surface area contributed by atoms with Gasteiger partial charge in [-0.15, -0.1) is 0 Å². The summed E-state index contributed by atoms with van der Waals surface area (Å²) in [5.74, 6) is 0.793. The van der Waals surface area contributed by atoms with Crippen molar-refractivity contribution in [2.24, 2.45) is 11.5 Å². The van der Waals surface area contributed by atoms with E-state index in [1.165, 1.54) is 0 Å². The second-order valence-corrected chi connectivity index (χ2v) is 3.10. The maximum Gasteiger partial charge on any atom is 0.116 e. The maximum atomic E-state index is 6.04. The normalized spacial score (nSPS) is 34.7. The van der Waals surface area contributed by atoms with Crippen LogP contribution in [0.4, 0.5) is 0 Å². The van der Waals surface area contributed by atoms with Crippen LogP contribution < -0.4 is 11.5 Å². The predicted molar refractivity (Wildman–Crippen MR) is 49.4 cm³/mol. The van der Waals surface area contributed by atoms with Crippen molar-refractivity contribution >= 4 is 0 Å². The van der Waals surface area contributed by atoms with Crippen LogP contribution in [0.1, 0.15) is 13.3 Å². The highest BCUT2D eigenvalue weighted by molar-refractivity contribution is 5.30. The summed E-state index contributed by atoms with van der Waals surface area (Å²) in [5.41, 5.74) is 11.4. The number of nitrogens with two attached hydrogens (primary N) is 2. The van der Waals surface area contributed by atoms with Crippen molar-refractivity contribution < 1.29 is 4.74 Å². The van der Waals surface area contributed by atoms with Gasteiger partial charge < -0.3 is 16.2 Å². The van der Waals surface area contributed by atoms with Gasteiger partial charge in [0.05, 0.1) is 12.6 Å². The Balaban J connectivity index is 2.88. The van der Waals surface area contributed by atoms with E-state index in [4.69, 9.17) is 16.2 Å². The van der Waals surface area contributed by atoms with Crippen molar-refractivity contribution in [3.05, 3.63) is 24.0 Å². The Bertz CT molecular complexity index is 223. The van der Waals surface area contributed by atoms with Gasteiger partial charge >= 0.3 is 0 Å².